The first-order valence-corrected chi connectivity index (χ1v) is 6.10. The first kappa shape index (κ1) is 12.9. The summed E-state index contributed by atoms with van der Waals surface area (Å²) in [4.78, 5) is 12.1. The van der Waals surface area contributed by atoms with Gasteiger partial charge in [0.05, 0.1) is 11.3 Å². The summed E-state index contributed by atoms with van der Waals surface area (Å²) in [5.74, 6) is 0.358. The Hall–Kier alpha value is -1.12. The van der Waals surface area contributed by atoms with Gasteiger partial charge in [-0.25, -0.2) is 0 Å². The fourth-order valence-electron chi connectivity index (χ4n) is 1.94. The minimum atomic E-state index is 0.120. The predicted octanol–water partition coefficient (Wildman–Crippen LogP) is 3.13. The van der Waals surface area contributed by atoms with Crippen LogP contribution in [0.25, 0.3) is 0 Å². The minimum Gasteiger partial charge on any atom is -0.294 e. The fraction of sp³-hybridized carbons (Fsp3) is 0.692. The van der Waals surface area contributed by atoms with Gasteiger partial charge < -0.3 is 0 Å². The van der Waals surface area contributed by atoms with Crippen molar-refractivity contribution in [1.82, 2.24) is 9.78 Å². The van der Waals surface area contributed by atoms with Gasteiger partial charge in [0.2, 0.25) is 0 Å². The van der Waals surface area contributed by atoms with Crippen molar-refractivity contribution in [3.63, 3.8) is 0 Å². The van der Waals surface area contributed by atoms with E-state index in [-0.39, 0.29) is 11.7 Å². The molecule has 3 nitrogen and oxygen atoms in total. The van der Waals surface area contributed by atoms with E-state index in [1.54, 1.807) is 4.68 Å². The Morgan fingerprint density at radius 1 is 1.50 bits per heavy atom. The molecule has 1 heterocycles. The summed E-state index contributed by atoms with van der Waals surface area (Å²) in [6.07, 6.45) is 6.37. The van der Waals surface area contributed by atoms with Crippen molar-refractivity contribution in [3.8, 4) is 0 Å². The Morgan fingerprint density at radius 3 is 2.69 bits per heavy atom. The highest BCUT2D eigenvalue weighted by atomic mass is 16.1. The van der Waals surface area contributed by atoms with Crippen LogP contribution in [0.3, 0.4) is 0 Å². The number of carbonyl (C=O) groups is 1. The monoisotopic (exact) mass is 222 g/mol. The van der Waals surface area contributed by atoms with E-state index in [1.807, 2.05) is 27.1 Å². The third kappa shape index (κ3) is 3.19. The molecule has 0 amide bonds. The summed E-state index contributed by atoms with van der Waals surface area (Å²) in [6, 6.07) is 0. The molecule has 0 aromatic carbocycles. The molecule has 1 atom stereocenters. The summed E-state index contributed by atoms with van der Waals surface area (Å²) in [5, 5.41) is 4.21. The lowest BCUT2D eigenvalue weighted by Gasteiger charge is -2.08. The average Bonchev–Trinajstić information content (AvgIpc) is 2.57. The number of hydrogen-bond acceptors (Lipinski definition) is 2. The number of unbranched alkanes of at least 4 members (excludes halogenated alkanes) is 2. The Labute approximate surface area is 97.8 Å². The number of carbonyl (C=O) groups excluding carboxylic acids is 1. The van der Waals surface area contributed by atoms with Crippen molar-refractivity contribution < 1.29 is 4.79 Å². The zero-order valence-electron chi connectivity index (χ0n) is 10.8. The van der Waals surface area contributed by atoms with E-state index in [2.05, 4.69) is 12.0 Å². The molecule has 1 rings (SSSR count). The molecule has 0 N–H and O–H groups in total. The average molecular weight is 222 g/mol. The number of aromatic nitrogens is 2. The summed E-state index contributed by atoms with van der Waals surface area (Å²) in [7, 11) is 1.85. The lowest BCUT2D eigenvalue weighted by atomic mass is 9.94. The van der Waals surface area contributed by atoms with Crippen molar-refractivity contribution in [2.45, 2.75) is 46.5 Å². The molecule has 0 saturated heterocycles. The maximum Gasteiger partial charge on any atom is 0.169 e. The predicted molar refractivity (Wildman–Crippen MR) is 65.6 cm³/mol. The van der Waals surface area contributed by atoms with Crippen LogP contribution < -0.4 is 0 Å². The van der Waals surface area contributed by atoms with Gasteiger partial charge in [-0.15, -0.1) is 0 Å². The fourth-order valence-corrected chi connectivity index (χ4v) is 1.94. The van der Waals surface area contributed by atoms with E-state index in [9.17, 15) is 4.79 Å². The second-order valence-electron chi connectivity index (χ2n) is 4.56. The van der Waals surface area contributed by atoms with E-state index in [4.69, 9.17) is 0 Å². The lowest BCUT2D eigenvalue weighted by molar-refractivity contribution is 0.0921. The Bertz CT molecular complexity index is 355. The molecular weight excluding hydrogens is 200 g/mol. The van der Waals surface area contributed by atoms with Gasteiger partial charge in [0.1, 0.15) is 0 Å². The molecule has 0 aliphatic heterocycles. The molecule has 0 spiro atoms. The molecule has 90 valence electrons. The van der Waals surface area contributed by atoms with Gasteiger partial charge in [-0.05, 0) is 13.3 Å². The van der Waals surface area contributed by atoms with E-state index < -0.39 is 0 Å². The number of nitrogens with zero attached hydrogens (tertiary/aromatic N) is 2. The molecule has 3 heteroatoms. The third-order valence-corrected chi connectivity index (χ3v) is 2.97. The van der Waals surface area contributed by atoms with Crippen LogP contribution in [0.2, 0.25) is 0 Å². The second kappa shape index (κ2) is 5.83. The van der Waals surface area contributed by atoms with Crippen molar-refractivity contribution in [2.75, 3.05) is 0 Å². The molecule has 0 radical (unpaired) electrons. The number of ketones is 1. The Kier molecular flexibility index (Phi) is 4.71. The molecule has 1 aromatic heterocycles. The second-order valence-corrected chi connectivity index (χ2v) is 4.56. The van der Waals surface area contributed by atoms with Gasteiger partial charge in [-0.1, -0.05) is 33.1 Å². The quantitative estimate of drug-likeness (QED) is 0.547. The van der Waals surface area contributed by atoms with Crippen LogP contribution in [0.1, 0.15) is 55.6 Å². The number of aryl methyl sites for hydroxylation is 2. The Balaban J connectivity index is 2.60. The highest BCUT2D eigenvalue weighted by Crippen LogP contribution is 2.17. The lowest BCUT2D eigenvalue weighted by Crippen LogP contribution is -2.11. The zero-order chi connectivity index (χ0) is 12.1. The molecule has 0 aliphatic carbocycles. The van der Waals surface area contributed by atoms with Crippen LogP contribution in [-0.4, -0.2) is 15.6 Å². The van der Waals surface area contributed by atoms with Gasteiger partial charge in [0.25, 0.3) is 0 Å². The maximum absolute atomic E-state index is 12.1. The van der Waals surface area contributed by atoms with Crippen LogP contribution in [0.5, 0.6) is 0 Å². The smallest absolute Gasteiger partial charge is 0.169 e. The van der Waals surface area contributed by atoms with E-state index in [0.717, 1.165) is 24.1 Å². The van der Waals surface area contributed by atoms with E-state index >= 15 is 0 Å². The normalized spacial score (nSPS) is 12.8. The molecule has 0 bridgehead atoms. The number of hydrogen-bond donors (Lipinski definition) is 0. The standard InChI is InChI=1S/C13H22N2O/c1-5-6-7-8-10(2)13(16)12-9-15(4)14-11(12)3/h9-10H,5-8H2,1-4H3. The van der Waals surface area contributed by atoms with Crippen LogP contribution in [0.15, 0.2) is 6.20 Å². The molecule has 1 aromatic rings. The van der Waals surface area contributed by atoms with Crippen LogP contribution in [-0.2, 0) is 7.05 Å². The topological polar surface area (TPSA) is 34.9 Å². The van der Waals surface area contributed by atoms with Crippen LogP contribution >= 0.6 is 0 Å². The van der Waals surface area contributed by atoms with Gasteiger partial charge in [-0.3, -0.25) is 9.48 Å². The van der Waals surface area contributed by atoms with Gasteiger partial charge >= 0.3 is 0 Å². The minimum absolute atomic E-state index is 0.120. The molecule has 0 saturated carbocycles. The molecule has 1 unspecified atom stereocenters. The number of Topliss-reactive ketones (excluding diaryl/α,β-unsaturated/α-hetero) is 1. The van der Waals surface area contributed by atoms with Gasteiger partial charge in [0.15, 0.2) is 5.78 Å². The van der Waals surface area contributed by atoms with E-state index in [0.29, 0.717) is 0 Å². The summed E-state index contributed by atoms with van der Waals surface area (Å²) >= 11 is 0. The highest BCUT2D eigenvalue weighted by Gasteiger charge is 2.18. The summed E-state index contributed by atoms with van der Waals surface area (Å²) in [5.41, 5.74) is 1.63. The van der Waals surface area contributed by atoms with Gasteiger partial charge in [0, 0.05) is 19.2 Å². The summed E-state index contributed by atoms with van der Waals surface area (Å²) in [6.45, 7) is 6.09. The number of rotatable bonds is 6. The third-order valence-electron chi connectivity index (χ3n) is 2.97. The molecule has 0 fully saturated rings. The van der Waals surface area contributed by atoms with Crippen molar-refractivity contribution in [2.24, 2.45) is 13.0 Å². The van der Waals surface area contributed by atoms with Crippen molar-refractivity contribution in [3.05, 3.63) is 17.5 Å². The van der Waals surface area contributed by atoms with Crippen molar-refractivity contribution in [1.29, 1.82) is 0 Å². The highest BCUT2D eigenvalue weighted by molar-refractivity contribution is 5.98. The van der Waals surface area contributed by atoms with Gasteiger partial charge in [-0.2, -0.15) is 5.10 Å². The van der Waals surface area contributed by atoms with Crippen LogP contribution in [0, 0.1) is 12.8 Å². The SMILES string of the molecule is CCCCCC(C)C(=O)c1cn(C)nc1C. The molecule has 0 aliphatic rings. The largest absolute Gasteiger partial charge is 0.294 e. The first-order valence-electron chi connectivity index (χ1n) is 6.10. The summed E-state index contributed by atoms with van der Waals surface area (Å²) < 4.78 is 1.71. The maximum atomic E-state index is 12.1. The van der Waals surface area contributed by atoms with Crippen molar-refractivity contribution >= 4 is 5.78 Å². The Morgan fingerprint density at radius 2 is 2.19 bits per heavy atom. The molecule has 16 heavy (non-hydrogen) atoms. The molecular formula is C13H22N2O. The first-order chi connectivity index (χ1) is 7.56. The zero-order valence-corrected chi connectivity index (χ0v) is 10.8. The van der Waals surface area contributed by atoms with E-state index in [1.165, 1.54) is 12.8 Å². The van der Waals surface area contributed by atoms with Crippen LogP contribution in [0.4, 0.5) is 0 Å².